The van der Waals surface area contributed by atoms with Gasteiger partial charge in [0, 0.05) is 23.3 Å². The molecule has 104 valence electrons. The number of rotatable bonds is 4. The second-order valence-electron chi connectivity index (χ2n) is 4.23. The molecule has 4 nitrogen and oxygen atoms in total. The Kier molecular flexibility index (Phi) is 4.29. The van der Waals surface area contributed by atoms with Gasteiger partial charge in [0.05, 0.1) is 18.4 Å². The highest BCUT2D eigenvalue weighted by molar-refractivity contribution is 9.10. The number of methoxy groups -OCH3 is 1. The topological polar surface area (TPSA) is 49.8 Å². The molecule has 0 spiro atoms. The Balaban J connectivity index is 2.49. The summed E-state index contributed by atoms with van der Waals surface area (Å²) in [4.78, 5) is 13.1. The quantitative estimate of drug-likeness (QED) is 0.919. The van der Waals surface area contributed by atoms with Gasteiger partial charge in [0.15, 0.2) is 0 Å². The van der Waals surface area contributed by atoms with E-state index in [1.165, 1.54) is 0 Å². The van der Waals surface area contributed by atoms with Crippen molar-refractivity contribution in [3.05, 3.63) is 52.5 Å². The minimum absolute atomic E-state index is 0.249. The van der Waals surface area contributed by atoms with E-state index in [1.807, 2.05) is 36.2 Å². The Morgan fingerprint density at radius 3 is 2.65 bits per heavy atom. The summed E-state index contributed by atoms with van der Waals surface area (Å²) >= 11 is 3.37. The van der Waals surface area contributed by atoms with Gasteiger partial charge < -0.3 is 14.7 Å². The summed E-state index contributed by atoms with van der Waals surface area (Å²) in [5.41, 5.74) is 1.71. The zero-order valence-corrected chi connectivity index (χ0v) is 12.7. The van der Waals surface area contributed by atoms with Gasteiger partial charge in [-0.1, -0.05) is 22.0 Å². The average molecular weight is 336 g/mol. The van der Waals surface area contributed by atoms with Gasteiger partial charge in [-0.15, -0.1) is 0 Å². The largest absolute Gasteiger partial charge is 0.497 e. The van der Waals surface area contributed by atoms with Crippen molar-refractivity contribution in [2.45, 2.75) is 0 Å². The summed E-state index contributed by atoms with van der Waals surface area (Å²) in [6.45, 7) is 0. The number of nitrogens with zero attached hydrogens (tertiary/aromatic N) is 1. The van der Waals surface area contributed by atoms with Crippen LogP contribution in [0.1, 0.15) is 10.4 Å². The van der Waals surface area contributed by atoms with Crippen molar-refractivity contribution >= 4 is 33.3 Å². The molecule has 0 aliphatic rings. The van der Waals surface area contributed by atoms with Crippen LogP contribution in [0.4, 0.5) is 11.4 Å². The van der Waals surface area contributed by atoms with Crippen LogP contribution in [0.2, 0.25) is 0 Å². The van der Waals surface area contributed by atoms with E-state index in [4.69, 9.17) is 4.74 Å². The highest BCUT2D eigenvalue weighted by Crippen LogP contribution is 2.31. The molecule has 0 heterocycles. The number of carboxylic acid groups (broad SMARTS) is 1. The Bertz CT molecular complexity index is 643. The first kappa shape index (κ1) is 14.4. The van der Waals surface area contributed by atoms with Crippen LogP contribution >= 0.6 is 15.9 Å². The van der Waals surface area contributed by atoms with E-state index in [0.29, 0.717) is 5.69 Å². The van der Waals surface area contributed by atoms with Crippen molar-refractivity contribution in [2.24, 2.45) is 0 Å². The number of aromatic carboxylic acids is 1. The lowest BCUT2D eigenvalue weighted by atomic mass is 10.1. The van der Waals surface area contributed by atoms with Gasteiger partial charge in [-0.3, -0.25) is 0 Å². The predicted molar refractivity (Wildman–Crippen MR) is 82.2 cm³/mol. The maximum atomic E-state index is 11.3. The Morgan fingerprint density at radius 1 is 1.25 bits per heavy atom. The first-order valence-corrected chi connectivity index (χ1v) is 6.73. The lowest BCUT2D eigenvalue weighted by Gasteiger charge is -2.22. The van der Waals surface area contributed by atoms with Crippen molar-refractivity contribution in [3.8, 4) is 5.75 Å². The van der Waals surface area contributed by atoms with Crippen molar-refractivity contribution in [1.29, 1.82) is 0 Å². The van der Waals surface area contributed by atoms with Gasteiger partial charge in [-0.2, -0.15) is 0 Å². The summed E-state index contributed by atoms with van der Waals surface area (Å²) in [5.74, 6) is -0.233. The molecule has 2 aromatic carbocycles. The molecular formula is C15H14BrNO3. The second kappa shape index (κ2) is 5.96. The van der Waals surface area contributed by atoms with Crippen LogP contribution in [0.5, 0.6) is 5.75 Å². The first-order chi connectivity index (χ1) is 9.52. The fraction of sp³-hybridized carbons (Fsp3) is 0.133. The number of halogens is 1. The van der Waals surface area contributed by atoms with Crippen LogP contribution in [0.3, 0.4) is 0 Å². The number of hydrogen-bond donors (Lipinski definition) is 1. The maximum Gasteiger partial charge on any atom is 0.337 e. The van der Waals surface area contributed by atoms with E-state index >= 15 is 0 Å². The van der Waals surface area contributed by atoms with Crippen LogP contribution in [-0.4, -0.2) is 25.2 Å². The molecule has 0 saturated carbocycles. The molecule has 0 saturated heterocycles. The highest BCUT2D eigenvalue weighted by atomic mass is 79.9. The standard InChI is InChI=1S/C15H14BrNO3/c1-17(11-4-3-5-12(9-11)20-2)14-8-10(16)6-7-13(14)15(18)19/h3-9H,1-2H3,(H,18,19). The Labute approximate surface area is 125 Å². The maximum absolute atomic E-state index is 11.3. The van der Waals surface area contributed by atoms with Crippen molar-refractivity contribution < 1.29 is 14.6 Å². The lowest BCUT2D eigenvalue weighted by molar-refractivity contribution is 0.0697. The van der Waals surface area contributed by atoms with Gasteiger partial charge in [0.25, 0.3) is 0 Å². The third-order valence-electron chi connectivity index (χ3n) is 2.99. The molecule has 20 heavy (non-hydrogen) atoms. The molecule has 0 unspecified atom stereocenters. The molecule has 0 radical (unpaired) electrons. The van der Waals surface area contributed by atoms with Crippen LogP contribution in [0.15, 0.2) is 46.9 Å². The molecule has 2 aromatic rings. The normalized spacial score (nSPS) is 10.2. The van der Waals surface area contributed by atoms with Crippen LogP contribution in [0.25, 0.3) is 0 Å². The summed E-state index contributed by atoms with van der Waals surface area (Å²) in [7, 11) is 3.42. The van der Waals surface area contributed by atoms with Crippen LogP contribution < -0.4 is 9.64 Å². The zero-order valence-electron chi connectivity index (χ0n) is 11.1. The molecule has 0 aromatic heterocycles. The molecule has 1 N–H and O–H groups in total. The van der Waals surface area contributed by atoms with Crippen molar-refractivity contribution in [1.82, 2.24) is 0 Å². The Hall–Kier alpha value is -2.01. The van der Waals surface area contributed by atoms with E-state index in [1.54, 1.807) is 25.3 Å². The van der Waals surface area contributed by atoms with E-state index in [-0.39, 0.29) is 5.56 Å². The minimum Gasteiger partial charge on any atom is -0.497 e. The molecule has 0 fully saturated rings. The molecule has 0 atom stereocenters. The third-order valence-corrected chi connectivity index (χ3v) is 3.49. The first-order valence-electron chi connectivity index (χ1n) is 5.93. The summed E-state index contributed by atoms with van der Waals surface area (Å²) in [5, 5.41) is 9.29. The SMILES string of the molecule is COc1cccc(N(C)c2cc(Br)ccc2C(=O)O)c1. The Morgan fingerprint density at radius 2 is 2.00 bits per heavy atom. The van der Waals surface area contributed by atoms with E-state index in [0.717, 1.165) is 15.9 Å². The number of benzene rings is 2. The van der Waals surface area contributed by atoms with E-state index in [2.05, 4.69) is 15.9 Å². The monoisotopic (exact) mass is 335 g/mol. The van der Waals surface area contributed by atoms with Crippen molar-refractivity contribution in [3.63, 3.8) is 0 Å². The molecule has 5 heteroatoms. The number of hydrogen-bond acceptors (Lipinski definition) is 3. The number of ether oxygens (including phenoxy) is 1. The minimum atomic E-state index is -0.956. The number of carboxylic acids is 1. The third kappa shape index (κ3) is 2.93. The summed E-state index contributed by atoms with van der Waals surface area (Å²) < 4.78 is 6.02. The fourth-order valence-corrected chi connectivity index (χ4v) is 2.27. The average Bonchev–Trinajstić information content (AvgIpc) is 2.46. The molecule has 0 bridgehead atoms. The zero-order chi connectivity index (χ0) is 14.7. The highest BCUT2D eigenvalue weighted by Gasteiger charge is 2.15. The molecule has 2 rings (SSSR count). The molecular weight excluding hydrogens is 322 g/mol. The second-order valence-corrected chi connectivity index (χ2v) is 5.14. The number of carbonyl (C=O) groups is 1. The van der Waals surface area contributed by atoms with Gasteiger partial charge in [0.1, 0.15) is 5.75 Å². The van der Waals surface area contributed by atoms with Crippen LogP contribution in [-0.2, 0) is 0 Å². The van der Waals surface area contributed by atoms with E-state index in [9.17, 15) is 9.90 Å². The van der Waals surface area contributed by atoms with Gasteiger partial charge >= 0.3 is 5.97 Å². The summed E-state index contributed by atoms with van der Waals surface area (Å²) in [6.07, 6.45) is 0. The van der Waals surface area contributed by atoms with Gasteiger partial charge in [-0.05, 0) is 30.3 Å². The van der Waals surface area contributed by atoms with Crippen LogP contribution in [0, 0.1) is 0 Å². The smallest absolute Gasteiger partial charge is 0.337 e. The lowest BCUT2D eigenvalue weighted by Crippen LogP contribution is -2.14. The van der Waals surface area contributed by atoms with E-state index < -0.39 is 5.97 Å². The van der Waals surface area contributed by atoms with Gasteiger partial charge in [-0.25, -0.2) is 4.79 Å². The fourth-order valence-electron chi connectivity index (χ4n) is 1.92. The number of anilines is 2. The summed E-state index contributed by atoms with van der Waals surface area (Å²) in [6, 6.07) is 12.5. The molecule has 0 aliphatic heterocycles. The molecule has 0 aliphatic carbocycles. The predicted octanol–water partition coefficient (Wildman–Crippen LogP) is 3.92. The van der Waals surface area contributed by atoms with Crippen molar-refractivity contribution in [2.75, 3.05) is 19.1 Å². The van der Waals surface area contributed by atoms with Gasteiger partial charge in [0.2, 0.25) is 0 Å². The molecule has 0 amide bonds.